The summed E-state index contributed by atoms with van der Waals surface area (Å²) in [7, 11) is 0. The van der Waals surface area contributed by atoms with Crippen molar-refractivity contribution in [1.82, 2.24) is 0 Å². The van der Waals surface area contributed by atoms with Gasteiger partial charge in [0.25, 0.3) is 0 Å². The predicted molar refractivity (Wildman–Crippen MR) is 119 cm³/mol. The van der Waals surface area contributed by atoms with Gasteiger partial charge in [-0.3, -0.25) is 4.79 Å². The van der Waals surface area contributed by atoms with Gasteiger partial charge in [0.05, 0.1) is 7.14 Å². The number of phenolic OH excluding ortho intramolecular Hbond substituents is 1. The van der Waals surface area contributed by atoms with Crippen molar-refractivity contribution >= 4 is 103 Å². The average Bonchev–Trinajstić information content (AvgIpc) is 2.50. The molecule has 4 N–H and O–H groups in total. The maximum absolute atomic E-state index is 10.9. The summed E-state index contributed by atoms with van der Waals surface area (Å²) in [4.78, 5) is 10.9. The molecule has 9 heteroatoms. The van der Waals surface area contributed by atoms with Gasteiger partial charge in [0.1, 0.15) is 17.5 Å². The summed E-state index contributed by atoms with van der Waals surface area (Å²) >= 11 is 6.51. The van der Waals surface area contributed by atoms with Gasteiger partial charge in [-0.1, -0.05) is 0 Å². The molecule has 0 aliphatic carbocycles. The van der Waals surface area contributed by atoms with E-state index in [0.29, 0.717) is 11.5 Å². The van der Waals surface area contributed by atoms with Crippen LogP contribution in [0.1, 0.15) is 5.56 Å². The Bertz CT molecular complexity index is 740. The van der Waals surface area contributed by atoms with Gasteiger partial charge in [0.2, 0.25) is 0 Å². The second-order valence-corrected chi connectivity index (χ2v) is 8.04. The Kier molecular flexibility index (Phi) is 9.57. The molecule has 0 fully saturated rings. The number of carbonyl (C=O) groups is 1. The summed E-state index contributed by atoms with van der Waals surface area (Å²) in [5, 5.41) is 18.3. The van der Waals surface area contributed by atoms with Crippen molar-refractivity contribution in [2.75, 3.05) is 0 Å². The summed E-state index contributed by atoms with van der Waals surface area (Å²) in [6, 6.07) is 7.44. The zero-order valence-corrected chi connectivity index (χ0v) is 18.1. The van der Waals surface area contributed by atoms with Crippen LogP contribution in [0, 0.1) is 10.7 Å². The van der Waals surface area contributed by atoms with Gasteiger partial charge in [-0.05, 0) is 110 Å². The van der Waals surface area contributed by atoms with Crippen molar-refractivity contribution in [2.24, 2.45) is 5.73 Å². The number of carboxylic acid groups (broad SMARTS) is 1. The minimum atomic E-state index is -1.02. The molecule has 0 radical (unpaired) electrons. The second-order valence-electron chi connectivity index (χ2n) is 4.72. The number of aliphatic carboxylic acids is 1. The van der Waals surface area contributed by atoms with Gasteiger partial charge in [-0.2, -0.15) is 0 Å². The van der Waals surface area contributed by atoms with Crippen molar-refractivity contribution in [1.29, 1.82) is 0 Å². The van der Waals surface area contributed by atoms with Gasteiger partial charge in [-0.25, -0.2) is 0 Å². The summed E-state index contributed by atoms with van der Waals surface area (Å²) in [6.45, 7) is 0. The summed E-state index contributed by atoms with van der Waals surface area (Å²) < 4.78 is 8.60. The Balaban J connectivity index is 0.00000288. The minimum absolute atomic E-state index is 0. The molecule has 0 amide bonds. The van der Waals surface area contributed by atoms with Crippen LogP contribution in [0.25, 0.3) is 0 Å². The molecule has 0 spiro atoms. The Hall–Kier alpha value is 0.660. The number of halogens is 3. The monoisotopic (exact) mass is 675 g/mol. The Labute approximate surface area is 202 Å². The van der Waals surface area contributed by atoms with E-state index in [9.17, 15) is 9.90 Å². The second kappa shape index (κ2) is 10.1. The molecule has 0 bridgehead atoms. The van der Waals surface area contributed by atoms with Gasteiger partial charge in [-0.15, -0.1) is 0 Å². The zero-order chi connectivity index (χ0) is 17.1. The Morgan fingerprint density at radius 1 is 1.17 bits per heavy atom. The molecule has 0 heterocycles. The van der Waals surface area contributed by atoms with Crippen LogP contribution in [0.15, 0.2) is 30.3 Å². The first kappa shape index (κ1) is 22.7. The number of rotatable bonds is 5. The maximum atomic E-state index is 10.9. The van der Waals surface area contributed by atoms with Crippen molar-refractivity contribution in [3.05, 3.63) is 46.6 Å². The van der Waals surface area contributed by atoms with Crippen molar-refractivity contribution in [2.45, 2.75) is 12.5 Å². The fourth-order valence-corrected chi connectivity index (χ4v) is 4.47. The van der Waals surface area contributed by atoms with Crippen LogP contribution in [-0.4, -0.2) is 51.8 Å². The predicted octanol–water partition coefficient (Wildman–Crippen LogP) is 3.30. The average molecular weight is 675 g/mol. The van der Waals surface area contributed by atoms with E-state index in [1.54, 1.807) is 24.3 Å². The Morgan fingerprint density at radius 3 is 2.29 bits per heavy atom. The van der Waals surface area contributed by atoms with Crippen molar-refractivity contribution in [3.63, 3.8) is 0 Å². The molecule has 2 rings (SSSR count). The van der Waals surface area contributed by atoms with Crippen LogP contribution in [0.3, 0.4) is 0 Å². The van der Waals surface area contributed by atoms with Crippen LogP contribution >= 0.6 is 67.8 Å². The number of nitrogens with two attached hydrogens (primary N) is 1. The molecule has 1 unspecified atom stereocenters. The van der Waals surface area contributed by atoms with Crippen LogP contribution in [0.5, 0.6) is 17.2 Å². The zero-order valence-electron chi connectivity index (χ0n) is 11.6. The van der Waals surface area contributed by atoms with E-state index in [0.717, 1.165) is 16.3 Å². The third kappa shape index (κ3) is 5.84. The summed E-state index contributed by atoms with van der Waals surface area (Å²) in [5.74, 6) is 0.475. The van der Waals surface area contributed by atoms with E-state index in [4.69, 9.17) is 15.6 Å². The Morgan fingerprint density at radius 2 is 1.75 bits per heavy atom. The standard InChI is InChI=1S/C15H12I3NO4.Na.H/c16-10-5-7(6-11(19)15(21)22)12(17)13(18)14(10)23-9-3-1-8(20)2-4-9;;/h1-5,11,20H,6,19H2,(H,21,22);;. The third-order valence-electron chi connectivity index (χ3n) is 3.01. The molecule has 0 aliphatic rings. The molecule has 2 aromatic rings. The molecule has 5 nitrogen and oxygen atoms in total. The quantitative estimate of drug-likeness (QED) is 0.257. The van der Waals surface area contributed by atoms with E-state index < -0.39 is 12.0 Å². The first-order valence-electron chi connectivity index (χ1n) is 6.41. The number of hydrogen-bond acceptors (Lipinski definition) is 4. The molecule has 2 aromatic carbocycles. The van der Waals surface area contributed by atoms with Crippen molar-refractivity contribution < 1.29 is 19.7 Å². The van der Waals surface area contributed by atoms with Crippen molar-refractivity contribution in [3.8, 4) is 17.2 Å². The van der Waals surface area contributed by atoms with Gasteiger partial charge >= 0.3 is 35.5 Å². The molecule has 0 saturated heterocycles. The van der Waals surface area contributed by atoms with E-state index in [1.807, 2.05) is 6.07 Å². The van der Waals surface area contributed by atoms with Crippen LogP contribution in [0.2, 0.25) is 0 Å². The number of benzene rings is 2. The summed E-state index contributed by atoms with van der Waals surface area (Å²) in [6.07, 6.45) is 0.263. The van der Waals surface area contributed by atoms with Crippen LogP contribution in [0.4, 0.5) is 0 Å². The number of hydrogen-bond donors (Lipinski definition) is 3. The van der Waals surface area contributed by atoms with Gasteiger partial charge < -0.3 is 20.7 Å². The number of ether oxygens (including phenoxy) is 1. The number of aromatic hydroxyl groups is 1. The SMILES string of the molecule is NC(Cc1cc(I)c(Oc2ccc(O)cc2)c(I)c1I)C(=O)O.[NaH]. The van der Waals surface area contributed by atoms with E-state index >= 15 is 0 Å². The molecule has 124 valence electrons. The number of carboxylic acids is 1. The van der Waals surface area contributed by atoms with E-state index in [-0.39, 0.29) is 41.7 Å². The van der Waals surface area contributed by atoms with Crippen LogP contribution in [-0.2, 0) is 11.2 Å². The topological polar surface area (TPSA) is 92.8 Å². The fourth-order valence-electron chi connectivity index (χ4n) is 1.83. The molecule has 0 aromatic heterocycles. The molecule has 0 saturated carbocycles. The van der Waals surface area contributed by atoms with E-state index in [2.05, 4.69) is 67.8 Å². The van der Waals surface area contributed by atoms with Gasteiger partial charge in [0.15, 0.2) is 5.75 Å². The molecule has 24 heavy (non-hydrogen) atoms. The molecule has 1 atom stereocenters. The molecular weight excluding hydrogens is 662 g/mol. The van der Waals surface area contributed by atoms with Crippen LogP contribution < -0.4 is 10.5 Å². The summed E-state index contributed by atoms with van der Waals surface area (Å²) in [5.41, 5.74) is 6.51. The third-order valence-corrected chi connectivity index (χ3v) is 7.10. The fraction of sp³-hybridized carbons (Fsp3) is 0.133. The van der Waals surface area contributed by atoms with E-state index in [1.165, 1.54) is 0 Å². The normalized spacial score (nSPS) is 11.5. The number of phenols is 1. The first-order valence-corrected chi connectivity index (χ1v) is 9.65. The first-order chi connectivity index (χ1) is 10.8. The molecular formula is C15H13I3NNaO4. The van der Waals surface area contributed by atoms with Gasteiger partial charge in [0, 0.05) is 3.57 Å². The molecule has 0 aliphatic heterocycles.